The van der Waals surface area contributed by atoms with Crippen molar-refractivity contribution in [3.8, 4) is 0 Å². The highest BCUT2D eigenvalue weighted by Gasteiger charge is 2.40. The number of likely N-dealkylation sites (N-methyl/N-ethyl adjacent to an activating group) is 1. The second-order valence-corrected chi connectivity index (χ2v) is 8.18. The number of unbranched alkanes of at least 4 members (excludes halogenated alkanes) is 2. The van der Waals surface area contributed by atoms with E-state index in [0.717, 1.165) is 4.91 Å². The summed E-state index contributed by atoms with van der Waals surface area (Å²) >= 11 is 8.04. The van der Waals surface area contributed by atoms with E-state index in [9.17, 15) is 14.4 Å². The number of hydrogen-bond acceptors (Lipinski definition) is 6. The fourth-order valence-corrected chi connectivity index (χ4v) is 4.74. The maximum atomic E-state index is 12.7. The van der Waals surface area contributed by atoms with Crippen molar-refractivity contribution in [2.24, 2.45) is 0 Å². The highest BCUT2D eigenvalue weighted by molar-refractivity contribution is 8.28. The van der Waals surface area contributed by atoms with Crippen LogP contribution >= 0.6 is 35.7 Å². The summed E-state index contributed by atoms with van der Waals surface area (Å²) < 4.78 is 0.688. The van der Waals surface area contributed by atoms with Crippen molar-refractivity contribution < 1.29 is 19.5 Å². The molecule has 1 saturated heterocycles. The van der Waals surface area contributed by atoms with Crippen LogP contribution in [-0.4, -0.2) is 51.4 Å². The molecule has 6 nitrogen and oxygen atoms in total. The zero-order chi connectivity index (χ0) is 17.9. The Morgan fingerprint density at radius 2 is 1.96 bits per heavy atom. The number of nitrogens with zero attached hydrogens (tertiary/aromatic N) is 2. The summed E-state index contributed by atoms with van der Waals surface area (Å²) in [5.74, 6) is -1.56. The molecule has 0 unspecified atom stereocenters. The molecular formula is C15H18N2O4S3. The topological polar surface area (TPSA) is 77.9 Å². The van der Waals surface area contributed by atoms with Gasteiger partial charge in [0.25, 0.3) is 11.8 Å². The van der Waals surface area contributed by atoms with Crippen LogP contribution in [0.2, 0.25) is 0 Å². The molecule has 1 fully saturated rings. The van der Waals surface area contributed by atoms with E-state index < -0.39 is 5.97 Å². The lowest BCUT2D eigenvalue weighted by atomic mass is 10.1. The van der Waals surface area contributed by atoms with E-state index in [2.05, 4.69) is 0 Å². The first-order valence-corrected chi connectivity index (χ1v) is 9.54. The van der Waals surface area contributed by atoms with Gasteiger partial charge in [-0.25, -0.2) is 0 Å². The monoisotopic (exact) mass is 386 g/mol. The number of allylic oxidation sites excluding steroid dienone is 1. The molecule has 2 aliphatic heterocycles. The molecule has 9 heteroatoms. The molecule has 2 rings (SSSR count). The van der Waals surface area contributed by atoms with Gasteiger partial charge >= 0.3 is 5.97 Å². The molecule has 0 aromatic heterocycles. The van der Waals surface area contributed by atoms with Crippen LogP contribution < -0.4 is 0 Å². The summed E-state index contributed by atoms with van der Waals surface area (Å²) in [5, 5.41) is 10.8. The maximum Gasteiger partial charge on any atom is 0.303 e. The van der Waals surface area contributed by atoms with Crippen molar-refractivity contribution in [2.45, 2.75) is 32.6 Å². The molecule has 1 N–H and O–H groups in total. The number of carbonyl (C=O) groups excluding carboxylic acids is 2. The molecule has 130 valence electrons. The van der Waals surface area contributed by atoms with Crippen molar-refractivity contribution in [3.63, 3.8) is 0 Å². The molecule has 0 radical (unpaired) electrons. The standard InChI is InChI=1S/C15H18N2O4S3/c1-9-8-23-14(24-9)11-12(20)16(2)15(22)17(13(11)21)7-5-3-4-6-10(18)19/h8H,3-7H2,1-2H3,(H,18,19). The van der Waals surface area contributed by atoms with E-state index >= 15 is 0 Å². The fraction of sp³-hybridized carbons (Fsp3) is 0.467. The van der Waals surface area contributed by atoms with Gasteiger partial charge in [-0.15, -0.1) is 0 Å². The van der Waals surface area contributed by atoms with Gasteiger partial charge in [0.2, 0.25) is 0 Å². The van der Waals surface area contributed by atoms with Crippen LogP contribution in [0.15, 0.2) is 20.1 Å². The predicted octanol–water partition coefficient (Wildman–Crippen LogP) is 2.77. The molecule has 24 heavy (non-hydrogen) atoms. The zero-order valence-corrected chi connectivity index (χ0v) is 15.9. The third-order valence-electron chi connectivity index (χ3n) is 3.56. The average Bonchev–Trinajstić information content (AvgIpc) is 2.94. The number of carboxylic acid groups (broad SMARTS) is 1. The van der Waals surface area contributed by atoms with Crippen LogP contribution in [0.3, 0.4) is 0 Å². The summed E-state index contributed by atoms with van der Waals surface area (Å²) in [7, 11) is 1.57. The maximum absolute atomic E-state index is 12.7. The lowest BCUT2D eigenvalue weighted by Crippen LogP contribution is -2.55. The number of thioether (sulfide) groups is 2. The van der Waals surface area contributed by atoms with Gasteiger partial charge in [-0.2, -0.15) is 0 Å². The van der Waals surface area contributed by atoms with E-state index in [-0.39, 0.29) is 28.9 Å². The van der Waals surface area contributed by atoms with Crippen molar-refractivity contribution >= 4 is 58.6 Å². The Hall–Kier alpha value is -1.32. The molecular weight excluding hydrogens is 368 g/mol. The first-order chi connectivity index (χ1) is 11.3. The third kappa shape index (κ3) is 4.20. The largest absolute Gasteiger partial charge is 0.481 e. The number of carbonyl (C=O) groups is 3. The first-order valence-electron chi connectivity index (χ1n) is 7.44. The minimum atomic E-state index is -0.824. The molecule has 0 aliphatic carbocycles. The molecule has 0 spiro atoms. The number of rotatable bonds is 6. The van der Waals surface area contributed by atoms with Crippen LogP contribution in [0.25, 0.3) is 0 Å². The average molecular weight is 387 g/mol. The summed E-state index contributed by atoms with van der Waals surface area (Å²) in [4.78, 5) is 39.5. The van der Waals surface area contributed by atoms with E-state index in [4.69, 9.17) is 17.3 Å². The number of amides is 2. The van der Waals surface area contributed by atoms with Gasteiger partial charge in [0.15, 0.2) is 5.11 Å². The van der Waals surface area contributed by atoms with Gasteiger partial charge in [-0.05, 0) is 42.3 Å². The molecule has 0 aromatic rings. The van der Waals surface area contributed by atoms with Crippen LogP contribution in [0, 0.1) is 0 Å². The second kappa shape index (κ2) is 8.17. The highest BCUT2D eigenvalue weighted by Crippen LogP contribution is 2.46. The Morgan fingerprint density at radius 1 is 1.25 bits per heavy atom. The Balaban J connectivity index is 2.08. The van der Waals surface area contributed by atoms with E-state index in [1.165, 1.54) is 33.3 Å². The number of hydrogen-bond donors (Lipinski definition) is 1. The Bertz CT molecular complexity index is 657. The van der Waals surface area contributed by atoms with Crippen LogP contribution in [0.1, 0.15) is 32.6 Å². The molecule has 0 saturated carbocycles. The molecule has 0 atom stereocenters. The Kier molecular flexibility index (Phi) is 6.47. The lowest BCUT2D eigenvalue weighted by Gasteiger charge is -2.35. The number of thiocarbonyl (C=S) groups is 1. The highest BCUT2D eigenvalue weighted by atomic mass is 32.2. The first kappa shape index (κ1) is 19.0. The summed E-state index contributed by atoms with van der Waals surface area (Å²) in [6.45, 7) is 2.31. The van der Waals surface area contributed by atoms with Gasteiger partial charge in [0.1, 0.15) is 5.57 Å². The molecule has 2 heterocycles. The quantitative estimate of drug-likeness (QED) is 0.325. The van der Waals surface area contributed by atoms with Gasteiger partial charge in [0, 0.05) is 20.0 Å². The fourth-order valence-electron chi connectivity index (χ4n) is 2.28. The summed E-state index contributed by atoms with van der Waals surface area (Å²) in [6.07, 6.45) is 2.00. The Labute approximate surface area is 154 Å². The predicted molar refractivity (Wildman–Crippen MR) is 99.1 cm³/mol. The van der Waals surface area contributed by atoms with E-state index in [1.54, 1.807) is 7.05 Å². The summed E-state index contributed by atoms with van der Waals surface area (Å²) in [6, 6.07) is 0. The normalized spacial score (nSPS) is 21.6. The molecule has 0 aromatic carbocycles. The SMILES string of the molecule is CC1=CSC(=C2C(=O)N(C)C(=S)N(CCCCCC(=O)O)C2=O)S1. The smallest absolute Gasteiger partial charge is 0.303 e. The van der Waals surface area contributed by atoms with Crippen LogP contribution in [0.4, 0.5) is 0 Å². The van der Waals surface area contributed by atoms with Gasteiger partial charge in [0.05, 0.1) is 4.24 Å². The van der Waals surface area contributed by atoms with Crippen LogP contribution in [-0.2, 0) is 14.4 Å². The summed E-state index contributed by atoms with van der Waals surface area (Å²) in [5.41, 5.74) is 0.166. The van der Waals surface area contributed by atoms with E-state index in [0.29, 0.717) is 30.0 Å². The lowest BCUT2D eigenvalue weighted by molar-refractivity contribution is -0.137. The van der Waals surface area contributed by atoms with Gasteiger partial charge < -0.3 is 5.11 Å². The van der Waals surface area contributed by atoms with Crippen molar-refractivity contribution in [2.75, 3.05) is 13.6 Å². The zero-order valence-electron chi connectivity index (χ0n) is 13.4. The molecule has 2 amide bonds. The number of carboxylic acids is 1. The van der Waals surface area contributed by atoms with E-state index in [1.807, 2.05) is 12.3 Å². The van der Waals surface area contributed by atoms with Crippen molar-refractivity contribution in [1.82, 2.24) is 9.80 Å². The molecule has 2 aliphatic rings. The van der Waals surface area contributed by atoms with Gasteiger partial charge in [-0.1, -0.05) is 29.9 Å². The van der Waals surface area contributed by atoms with Crippen molar-refractivity contribution in [3.05, 3.63) is 20.1 Å². The number of aliphatic carboxylic acids is 1. The third-order valence-corrected chi connectivity index (χ3v) is 6.46. The second-order valence-electron chi connectivity index (χ2n) is 5.42. The van der Waals surface area contributed by atoms with Crippen LogP contribution in [0.5, 0.6) is 0 Å². The molecule has 0 bridgehead atoms. The Morgan fingerprint density at radius 3 is 2.54 bits per heavy atom. The van der Waals surface area contributed by atoms with Crippen molar-refractivity contribution in [1.29, 1.82) is 0 Å². The van der Waals surface area contributed by atoms with Gasteiger partial charge in [-0.3, -0.25) is 24.2 Å². The minimum absolute atomic E-state index is 0.115. The minimum Gasteiger partial charge on any atom is -0.481 e.